The lowest BCUT2D eigenvalue weighted by molar-refractivity contribution is -0.147. The molecule has 15 heavy (non-hydrogen) atoms. The third-order valence-electron chi connectivity index (χ3n) is 2.57. The third-order valence-corrected chi connectivity index (χ3v) is 2.57. The molecule has 5 heteroatoms. The van der Waals surface area contributed by atoms with Gasteiger partial charge in [-0.3, -0.25) is 9.36 Å². The van der Waals surface area contributed by atoms with Crippen molar-refractivity contribution in [3.8, 4) is 0 Å². The summed E-state index contributed by atoms with van der Waals surface area (Å²) in [5.41, 5.74) is -0.911. The first-order valence-corrected chi connectivity index (χ1v) is 4.80. The van der Waals surface area contributed by atoms with Gasteiger partial charge in [0.05, 0.1) is 5.41 Å². The van der Waals surface area contributed by atoms with Gasteiger partial charge in [-0.05, 0) is 20.3 Å². The molecule has 0 aliphatic carbocycles. The topological polar surface area (TPSA) is 64.2 Å². The van der Waals surface area contributed by atoms with Gasteiger partial charge in [-0.2, -0.15) is 0 Å². The average Bonchev–Trinajstić information content (AvgIpc) is 2.45. The van der Waals surface area contributed by atoms with Crippen LogP contribution in [0.25, 0.3) is 0 Å². The summed E-state index contributed by atoms with van der Waals surface area (Å²) >= 11 is 0. The quantitative estimate of drug-likeness (QED) is 0.798. The largest absolute Gasteiger partial charge is 0.481 e. The summed E-state index contributed by atoms with van der Waals surface area (Å²) in [5.74, 6) is -0.841. The summed E-state index contributed by atoms with van der Waals surface area (Å²) in [6.45, 7) is 3.74. The van der Waals surface area contributed by atoms with Crippen LogP contribution in [0.4, 0.5) is 0 Å². The summed E-state index contributed by atoms with van der Waals surface area (Å²) in [6.07, 6.45) is 3.77. The summed E-state index contributed by atoms with van der Waals surface area (Å²) in [5, 5.41) is 8.90. The lowest BCUT2D eigenvalue weighted by Crippen LogP contribution is -2.28. The summed E-state index contributed by atoms with van der Waals surface area (Å²) < 4.78 is 2.98. The molecule has 1 aromatic rings. The summed E-state index contributed by atoms with van der Waals surface area (Å²) in [7, 11) is 1.67. The highest BCUT2D eigenvalue weighted by molar-refractivity contribution is 5.73. The van der Waals surface area contributed by atoms with E-state index < -0.39 is 11.4 Å². The van der Waals surface area contributed by atoms with E-state index in [1.807, 2.05) is 0 Å². The highest BCUT2D eigenvalue weighted by Gasteiger charge is 2.26. The fourth-order valence-electron chi connectivity index (χ4n) is 1.19. The molecule has 0 fully saturated rings. The van der Waals surface area contributed by atoms with Crippen molar-refractivity contribution in [2.75, 3.05) is 0 Å². The Morgan fingerprint density at radius 3 is 2.47 bits per heavy atom. The van der Waals surface area contributed by atoms with Crippen LogP contribution >= 0.6 is 0 Å². The Labute approximate surface area is 88.0 Å². The van der Waals surface area contributed by atoms with Crippen LogP contribution in [0.5, 0.6) is 0 Å². The van der Waals surface area contributed by atoms with Crippen molar-refractivity contribution in [1.29, 1.82) is 0 Å². The van der Waals surface area contributed by atoms with Crippen molar-refractivity contribution in [2.45, 2.75) is 26.8 Å². The molecule has 5 nitrogen and oxygen atoms in total. The van der Waals surface area contributed by atoms with Crippen LogP contribution in [0, 0.1) is 5.41 Å². The summed E-state index contributed by atoms with van der Waals surface area (Å²) in [6, 6.07) is 0. The molecule has 1 N–H and O–H groups in total. The van der Waals surface area contributed by atoms with E-state index in [0.717, 1.165) is 0 Å². The van der Waals surface area contributed by atoms with E-state index in [1.165, 1.54) is 9.13 Å². The SMILES string of the molecule is Cn1ccn(CCC(C)(C)C(=O)O)c1=O. The van der Waals surface area contributed by atoms with Crippen molar-refractivity contribution in [3.05, 3.63) is 22.9 Å². The Balaban J connectivity index is 2.70. The molecule has 0 saturated carbocycles. The second-order valence-corrected chi connectivity index (χ2v) is 4.32. The Hall–Kier alpha value is -1.52. The molecular weight excluding hydrogens is 196 g/mol. The van der Waals surface area contributed by atoms with Gasteiger partial charge in [0, 0.05) is 26.0 Å². The molecule has 0 radical (unpaired) electrons. The van der Waals surface area contributed by atoms with E-state index in [0.29, 0.717) is 13.0 Å². The molecule has 0 amide bonds. The zero-order chi connectivity index (χ0) is 11.6. The van der Waals surface area contributed by atoms with Crippen molar-refractivity contribution < 1.29 is 9.90 Å². The van der Waals surface area contributed by atoms with Crippen LogP contribution in [0.3, 0.4) is 0 Å². The molecule has 84 valence electrons. The van der Waals surface area contributed by atoms with E-state index in [1.54, 1.807) is 33.3 Å². The minimum absolute atomic E-state index is 0.115. The number of carboxylic acid groups (broad SMARTS) is 1. The van der Waals surface area contributed by atoms with Crippen molar-refractivity contribution in [1.82, 2.24) is 9.13 Å². The molecule has 0 saturated heterocycles. The maximum Gasteiger partial charge on any atom is 0.327 e. The molecule has 0 spiro atoms. The van der Waals surface area contributed by atoms with Gasteiger partial charge >= 0.3 is 11.7 Å². The number of hydrogen-bond acceptors (Lipinski definition) is 2. The Bertz CT molecular complexity index is 415. The van der Waals surface area contributed by atoms with Crippen LogP contribution < -0.4 is 5.69 Å². The lowest BCUT2D eigenvalue weighted by Gasteiger charge is -2.18. The minimum atomic E-state index is -0.841. The monoisotopic (exact) mass is 212 g/mol. The number of carboxylic acids is 1. The average molecular weight is 212 g/mol. The number of aryl methyl sites for hydroxylation is 2. The van der Waals surface area contributed by atoms with Crippen LogP contribution in [0.15, 0.2) is 17.2 Å². The number of aliphatic carboxylic acids is 1. The number of imidazole rings is 1. The zero-order valence-electron chi connectivity index (χ0n) is 9.23. The maximum atomic E-state index is 11.4. The molecule has 1 heterocycles. The second-order valence-electron chi connectivity index (χ2n) is 4.32. The first kappa shape index (κ1) is 11.6. The Morgan fingerprint density at radius 2 is 2.07 bits per heavy atom. The van der Waals surface area contributed by atoms with Crippen LogP contribution in [-0.2, 0) is 18.4 Å². The van der Waals surface area contributed by atoms with Crippen LogP contribution in [-0.4, -0.2) is 20.2 Å². The Kier molecular flexibility index (Phi) is 3.02. The predicted octanol–water partition coefficient (Wildman–Crippen LogP) is 0.688. The number of rotatable bonds is 4. The van der Waals surface area contributed by atoms with Gasteiger partial charge in [0.15, 0.2) is 0 Å². The van der Waals surface area contributed by atoms with Crippen molar-refractivity contribution in [3.63, 3.8) is 0 Å². The van der Waals surface area contributed by atoms with Crippen LogP contribution in [0.2, 0.25) is 0 Å². The first-order valence-electron chi connectivity index (χ1n) is 4.80. The predicted molar refractivity (Wildman–Crippen MR) is 55.7 cm³/mol. The summed E-state index contributed by atoms with van der Waals surface area (Å²) in [4.78, 5) is 22.3. The van der Waals surface area contributed by atoms with Gasteiger partial charge in [0.1, 0.15) is 0 Å². The number of nitrogens with zero attached hydrogens (tertiary/aromatic N) is 2. The van der Waals surface area contributed by atoms with E-state index >= 15 is 0 Å². The second kappa shape index (κ2) is 3.92. The molecule has 0 bridgehead atoms. The van der Waals surface area contributed by atoms with E-state index in [2.05, 4.69) is 0 Å². The lowest BCUT2D eigenvalue weighted by atomic mass is 9.90. The van der Waals surface area contributed by atoms with Crippen LogP contribution in [0.1, 0.15) is 20.3 Å². The van der Waals surface area contributed by atoms with E-state index in [4.69, 9.17) is 5.11 Å². The fraction of sp³-hybridized carbons (Fsp3) is 0.600. The molecule has 0 aliphatic heterocycles. The fourth-order valence-corrected chi connectivity index (χ4v) is 1.19. The minimum Gasteiger partial charge on any atom is -0.481 e. The smallest absolute Gasteiger partial charge is 0.327 e. The number of aromatic nitrogens is 2. The van der Waals surface area contributed by atoms with Gasteiger partial charge in [0.25, 0.3) is 0 Å². The highest BCUT2D eigenvalue weighted by Crippen LogP contribution is 2.20. The number of hydrogen-bond donors (Lipinski definition) is 1. The maximum absolute atomic E-state index is 11.4. The zero-order valence-corrected chi connectivity index (χ0v) is 9.23. The van der Waals surface area contributed by atoms with Gasteiger partial charge in [0.2, 0.25) is 0 Å². The molecule has 0 unspecified atom stereocenters. The molecular formula is C10H16N2O3. The van der Waals surface area contributed by atoms with Gasteiger partial charge < -0.3 is 9.67 Å². The molecule has 1 aromatic heterocycles. The molecule has 0 aromatic carbocycles. The molecule has 0 aliphatic rings. The van der Waals surface area contributed by atoms with Gasteiger partial charge in [-0.15, -0.1) is 0 Å². The van der Waals surface area contributed by atoms with Crippen molar-refractivity contribution in [2.24, 2.45) is 12.5 Å². The highest BCUT2D eigenvalue weighted by atomic mass is 16.4. The standard InChI is InChI=1S/C10H16N2O3/c1-10(2,8(13)14)4-5-12-7-6-11(3)9(12)15/h6-7H,4-5H2,1-3H3,(H,13,14). The van der Waals surface area contributed by atoms with Gasteiger partial charge in [-0.25, -0.2) is 4.79 Å². The Morgan fingerprint density at radius 1 is 1.47 bits per heavy atom. The van der Waals surface area contributed by atoms with Crippen molar-refractivity contribution >= 4 is 5.97 Å². The molecule has 0 atom stereocenters. The van der Waals surface area contributed by atoms with E-state index in [9.17, 15) is 9.59 Å². The van der Waals surface area contributed by atoms with E-state index in [-0.39, 0.29) is 5.69 Å². The number of carbonyl (C=O) groups is 1. The normalized spacial score (nSPS) is 11.7. The molecule has 1 rings (SSSR count). The van der Waals surface area contributed by atoms with Gasteiger partial charge in [-0.1, -0.05) is 0 Å². The first-order chi connectivity index (χ1) is 6.84. The third kappa shape index (κ3) is 2.49.